The van der Waals surface area contributed by atoms with E-state index in [9.17, 15) is 13.0 Å². The Hall–Kier alpha value is 0.340. The van der Waals surface area contributed by atoms with Gasteiger partial charge in [0.1, 0.15) is 4.49 Å². The first-order valence-electron chi connectivity index (χ1n) is 13.4. The molecule has 8 aliphatic rings. The highest BCUT2D eigenvalue weighted by atomic mass is 32.2. The van der Waals surface area contributed by atoms with E-state index < -0.39 is 14.6 Å². The van der Waals surface area contributed by atoms with Crippen LogP contribution in [0.25, 0.3) is 0 Å². The Bertz CT molecular complexity index is 721. The summed E-state index contributed by atoms with van der Waals surface area (Å²) in [7, 11) is -1.31. The second-order valence-electron chi connectivity index (χ2n) is 13.5. The summed E-state index contributed by atoms with van der Waals surface area (Å²) in [4.78, 5) is 0. The Kier molecular flexibility index (Phi) is 5.06. The second kappa shape index (κ2) is 7.17. The lowest BCUT2D eigenvalue weighted by Crippen LogP contribution is -2.64. The molecule has 8 saturated carbocycles. The Labute approximate surface area is 192 Å². The van der Waals surface area contributed by atoms with Crippen LogP contribution in [0, 0.1) is 52.3 Å². The highest BCUT2D eigenvalue weighted by molar-refractivity contribution is 7.91. The van der Waals surface area contributed by atoms with Gasteiger partial charge in [-0.25, -0.2) is 0 Å². The maximum absolute atomic E-state index is 13.3. The topological polar surface area (TPSA) is 54.4 Å². The summed E-state index contributed by atoms with van der Waals surface area (Å²) in [6.45, 7) is 2.15. The normalized spacial score (nSPS) is 50.5. The van der Waals surface area contributed by atoms with E-state index in [4.69, 9.17) is 0 Å². The van der Waals surface area contributed by atoms with Gasteiger partial charge in [-0.3, -0.25) is 4.55 Å². The fourth-order valence-corrected chi connectivity index (χ4v) is 13.7. The van der Waals surface area contributed by atoms with Crippen molar-refractivity contribution in [3.05, 3.63) is 0 Å². The second-order valence-corrected chi connectivity index (χ2v) is 16.7. The molecule has 3 nitrogen and oxygen atoms in total. The van der Waals surface area contributed by atoms with E-state index in [1.807, 2.05) is 0 Å². The first-order chi connectivity index (χ1) is 14.6. The molecule has 8 fully saturated rings. The fourth-order valence-electron chi connectivity index (χ4n) is 11.6. The molecule has 0 aliphatic heterocycles. The van der Waals surface area contributed by atoms with E-state index in [0.717, 1.165) is 48.3 Å². The largest absolute Gasteiger partial charge is 0.285 e. The molecule has 1 N–H and O–H groups in total. The monoisotopic (exact) mass is 466 g/mol. The van der Waals surface area contributed by atoms with Gasteiger partial charge in [-0.05, 0) is 136 Å². The molecular weight excluding hydrogens is 423 g/mol. The van der Waals surface area contributed by atoms with Gasteiger partial charge in [0.25, 0.3) is 10.1 Å². The zero-order valence-electron chi connectivity index (χ0n) is 19.4. The van der Waals surface area contributed by atoms with E-state index in [-0.39, 0.29) is 16.7 Å². The standard InChI is InChI=1S/C26H43O3PS/c1-2-3-4-26(30,31(27,28)29)23(24-11-17-5-18(12-24)7-19(6-17)13-24)25-14-20-8-21(15-25)10-22(9-20)16-25/h17-23H,2-16,30H2,1H3,(H,27,28,29). The van der Waals surface area contributed by atoms with Gasteiger partial charge in [-0.1, -0.05) is 19.8 Å². The van der Waals surface area contributed by atoms with Gasteiger partial charge in [-0.2, -0.15) is 8.42 Å². The van der Waals surface area contributed by atoms with Crippen LogP contribution in [0.4, 0.5) is 0 Å². The van der Waals surface area contributed by atoms with Crippen molar-refractivity contribution in [3.8, 4) is 0 Å². The Balaban J connectivity index is 1.50. The molecule has 2 unspecified atom stereocenters. The predicted octanol–water partition coefficient (Wildman–Crippen LogP) is 6.68. The van der Waals surface area contributed by atoms with Crippen LogP contribution in [0.15, 0.2) is 0 Å². The van der Waals surface area contributed by atoms with Gasteiger partial charge in [0, 0.05) is 0 Å². The Morgan fingerprint density at radius 2 is 1.13 bits per heavy atom. The van der Waals surface area contributed by atoms with Crippen molar-refractivity contribution in [1.82, 2.24) is 0 Å². The molecule has 8 rings (SSSR count). The minimum atomic E-state index is -4.16. The fraction of sp³-hybridized carbons (Fsp3) is 1.00. The van der Waals surface area contributed by atoms with E-state index in [1.165, 1.54) is 77.0 Å². The molecule has 0 aromatic heterocycles. The summed E-state index contributed by atoms with van der Waals surface area (Å²) in [6, 6.07) is 0. The molecule has 5 heteroatoms. The molecule has 176 valence electrons. The van der Waals surface area contributed by atoms with Crippen molar-refractivity contribution in [2.24, 2.45) is 52.3 Å². The molecule has 0 radical (unpaired) electrons. The lowest BCUT2D eigenvalue weighted by molar-refractivity contribution is -0.176. The summed E-state index contributed by atoms with van der Waals surface area (Å²) in [5.74, 6) is 4.98. The molecular formula is C26H43O3PS. The van der Waals surface area contributed by atoms with Crippen molar-refractivity contribution in [3.63, 3.8) is 0 Å². The zero-order chi connectivity index (χ0) is 21.6. The Morgan fingerprint density at radius 3 is 1.39 bits per heavy atom. The first kappa shape index (κ1) is 21.8. The van der Waals surface area contributed by atoms with Gasteiger partial charge in [0.05, 0.1) is 0 Å². The molecule has 8 aliphatic carbocycles. The van der Waals surface area contributed by atoms with Gasteiger partial charge >= 0.3 is 0 Å². The number of unbranched alkanes of at least 4 members (excludes halogenated alkanes) is 1. The van der Waals surface area contributed by atoms with Crippen LogP contribution in [0.3, 0.4) is 0 Å². The molecule has 0 saturated heterocycles. The minimum absolute atomic E-state index is 0.126. The third-order valence-corrected chi connectivity index (χ3v) is 14.2. The van der Waals surface area contributed by atoms with E-state index in [0.29, 0.717) is 6.42 Å². The van der Waals surface area contributed by atoms with E-state index in [2.05, 4.69) is 16.2 Å². The average molecular weight is 467 g/mol. The van der Waals surface area contributed by atoms with Crippen molar-refractivity contribution in [2.45, 2.75) is 108 Å². The van der Waals surface area contributed by atoms with Crippen molar-refractivity contribution in [1.29, 1.82) is 0 Å². The molecule has 2 atom stereocenters. The summed E-state index contributed by atoms with van der Waals surface area (Å²) in [6.07, 6.45) is 18.2. The third-order valence-electron chi connectivity index (χ3n) is 11.3. The lowest BCUT2D eigenvalue weighted by Gasteiger charge is -2.69. The van der Waals surface area contributed by atoms with E-state index in [1.54, 1.807) is 0 Å². The summed E-state index contributed by atoms with van der Waals surface area (Å²) >= 11 is 0. The van der Waals surface area contributed by atoms with Crippen LogP contribution >= 0.6 is 9.24 Å². The summed E-state index contributed by atoms with van der Waals surface area (Å²) < 4.78 is 36.5. The lowest BCUT2D eigenvalue weighted by atomic mass is 9.37. The van der Waals surface area contributed by atoms with Gasteiger partial charge < -0.3 is 0 Å². The highest BCUT2D eigenvalue weighted by Crippen LogP contribution is 2.74. The van der Waals surface area contributed by atoms with E-state index >= 15 is 0 Å². The molecule has 0 heterocycles. The molecule has 0 spiro atoms. The number of rotatable bonds is 7. The number of hydrogen-bond donors (Lipinski definition) is 1. The maximum Gasteiger partial charge on any atom is 0.274 e. The SMILES string of the molecule is CCCCC(P)(C(C12CC3CC(CC(C3)C1)C2)C12CC3CC(CC(C3)C1)C2)S(=O)(=O)O. The molecule has 0 aromatic carbocycles. The number of hydrogen-bond acceptors (Lipinski definition) is 2. The quantitative estimate of drug-likeness (QED) is 0.336. The van der Waals surface area contributed by atoms with Gasteiger partial charge in [0.15, 0.2) is 0 Å². The van der Waals surface area contributed by atoms with Gasteiger partial charge in [-0.15, -0.1) is 9.24 Å². The van der Waals surface area contributed by atoms with Crippen LogP contribution in [-0.4, -0.2) is 17.5 Å². The third kappa shape index (κ3) is 3.27. The van der Waals surface area contributed by atoms with Crippen LogP contribution in [0.1, 0.15) is 103 Å². The molecule has 31 heavy (non-hydrogen) atoms. The van der Waals surface area contributed by atoms with Crippen LogP contribution < -0.4 is 0 Å². The summed E-state index contributed by atoms with van der Waals surface area (Å²) in [5.41, 5.74) is 0.289. The summed E-state index contributed by atoms with van der Waals surface area (Å²) in [5, 5.41) is 0. The maximum atomic E-state index is 13.3. The highest BCUT2D eigenvalue weighted by Gasteiger charge is 2.68. The van der Waals surface area contributed by atoms with Gasteiger partial charge in [0.2, 0.25) is 0 Å². The minimum Gasteiger partial charge on any atom is -0.285 e. The Morgan fingerprint density at radius 1 is 0.806 bits per heavy atom. The smallest absolute Gasteiger partial charge is 0.274 e. The molecule has 0 amide bonds. The zero-order valence-corrected chi connectivity index (χ0v) is 21.4. The predicted molar refractivity (Wildman–Crippen MR) is 128 cm³/mol. The van der Waals surface area contributed by atoms with Crippen LogP contribution in [0.2, 0.25) is 0 Å². The average Bonchev–Trinajstić information content (AvgIpc) is 2.62. The van der Waals surface area contributed by atoms with Crippen LogP contribution in [-0.2, 0) is 10.1 Å². The van der Waals surface area contributed by atoms with Crippen molar-refractivity contribution in [2.75, 3.05) is 0 Å². The molecule has 0 aromatic rings. The van der Waals surface area contributed by atoms with Crippen molar-refractivity contribution < 1.29 is 13.0 Å². The molecule has 8 bridgehead atoms. The van der Waals surface area contributed by atoms with Crippen molar-refractivity contribution >= 4 is 19.4 Å². The first-order valence-corrected chi connectivity index (χ1v) is 15.4. The van der Waals surface area contributed by atoms with Crippen LogP contribution in [0.5, 0.6) is 0 Å².